The number of nitrogens with zero attached hydrogens (tertiary/aromatic N) is 3. The molecule has 1 saturated carbocycles. The lowest BCUT2D eigenvalue weighted by Crippen LogP contribution is -2.54. The van der Waals surface area contributed by atoms with E-state index in [0.29, 0.717) is 31.8 Å². The molecule has 0 atom stereocenters. The number of pyridine rings is 1. The van der Waals surface area contributed by atoms with Gasteiger partial charge in [0.1, 0.15) is 11.2 Å². The molecule has 0 aromatic carbocycles. The fourth-order valence-corrected chi connectivity index (χ4v) is 3.90. The van der Waals surface area contributed by atoms with Gasteiger partial charge in [-0.1, -0.05) is 12.5 Å². The minimum atomic E-state index is -1.15. The number of carboxylic acids is 1. The van der Waals surface area contributed by atoms with Crippen molar-refractivity contribution in [2.75, 3.05) is 31.1 Å². The van der Waals surface area contributed by atoms with Gasteiger partial charge < -0.3 is 14.9 Å². The van der Waals surface area contributed by atoms with Crippen molar-refractivity contribution >= 4 is 17.7 Å². The molecule has 6 nitrogen and oxygen atoms in total. The van der Waals surface area contributed by atoms with Crippen LogP contribution in [0.15, 0.2) is 24.4 Å². The predicted octanol–water partition coefficient (Wildman–Crippen LogP) is 2.40. The van der Waals surface area contributed by atoms with E-state index < -0.39 is 11.4 Å². The monoisotopic (exact) mass is 345 g/mol. The first-order valence-electron chi connectivity index (χ1n) is 9.25. The van der Waals surface area contributed by atoms with Crippen LogP contribution < -0.4 is 4.90 Å². The van der Waals surface area contributed by atoms with Gasteiger partial charge in [-0.15, -0.1) is 0 Å². The van der Waals surface area contributed by atoms with Gasteiger partial charge in [0.05, 0.1) is 0 Å². The number of carbonyl (C=O) groups excluding carboxylic acids is 1. The van der Waals surface area contributed by atoms with Crippen LogP contribution in [0.25, 0.3) is 0 Å². The molecule has 1 N–H and O–H groups in total. The Morgan fingerprint density at radius 1 is 1.32 bits per heavy atom. The summed E-state index contributed by atoms with van der Waals surface area (Å²) in [4.78, 5) is 32.8. The van der Waals surface area contributed by atoms with Gasteiger partial charge in [0.2, 0.25) is 5.91 Å². The Hall–Kier alpha value is -2.11. The van der Waals surface area contributed by atoms with Crippen molar-refractivity contribution in [3.8, 4) is 0 Å². The maximum Gasteiger partial charge on any atom is 0.319 e. The smallest absolute Gasteiger partial charge is 0.319 e. The molecule has 1 aromatic heterocycles. The van der Waals surface area contributed by atoms with E-state index >= 15 is 0 Å². The number of carbonyl (C=O) groups is 2. The molecule has 1 saturated heterocycles. The Kier molecular flexibility index (Phi) is 5.25. The van der Waals surface area contributed by atoms with Crippen molar-refractivity contribution in [1.29, 1.82) is 0 Å². The second kappa shape index (κ2) is 7.42. The molecule has 1 aromatic rings. The number of aromatic nitrogens is 1. The van der Waals surface area contributed by atoms with Crippen molar-refractivity contribution in [2.45, 2.75) is 39.0 Å². The summed E-state index contributed by atoms with van der Waals surface area (Å²) in [6.07, 6.45) is 5.60. The van der Waals surface area contributed by atoms with Crippen LogP contribution in [0.4, 0.5) is 5.82 Å². The minimum absolute atomic E-state index is 0.180. The van der Waals surface area contributed by atoms with E-state index in [-0.39, 0.29) is 5.91 Å². The van der Waals surface area contributed by atoms with Gasteiger partial charge in [-0.25, -0.2) is 4.98 Å². The predicted molar refractivity (Wildman–Crippen MR) is 95.3 cm³/mol. The molecule has 0 bridgehead atoms. The van der Waals surface area contributed by atoms with Crippen LogP contribution in [0.3, 0.4) is 0 Å². The molecule has 25 heavy (non-hydrogen) atoms. The van der Waals surface area contributed by atoms with Crippen molar-refractivity contribution < 1.29 is 14.7 Å². The highest BCUT2D eigenvalue weighted by Gasteiger charge is 2.52. The van der Waals surface area contributed by atoms with E-state index in [1.165, 1.54) is 0 Å². The molecule has 136 valence electrons. The van der Waals surface area contributed by atoms with Crippen LogP contribution in [0.1, 0.15) is 39.0 Å². The Labute approximate surface area is 148 Å². The maximum absolute atomic E-state index is 12.8. The van der Waals surface area contributed by atoms with Crippen LogP contribution in [0, 0.1) is 11.3 Å². The lowest BCUT2D eigenvalue weighted by molar-refractivity contribution is -0.167. The number of hydrogen-bond donors (Lipinski definition) is 1. The largest absolute Gasteiger partial charge is 0.480 e. The highest BCUT2D eigenvalue weighted by Crippen LogP contribution is 2.43. The molecule has 0 unspecified atom stereocenters. The molecule has 3 rings (SSSR count). The SMILES string of the molecule is CCN(CC1CCN(c2ccccn2)CC1)C(=O)C1(C(=O)O)CCC1. The normalized spacial score (nSPS) is 20.0. The topological polar surface area (TPSA) is 73.7 Å². The third kappa shape index (κ3) is 3.48. The quantitative estimate of drug-likeness (QED) is 0.802. The zero-order chi connectivity index (χ0) is 17.9. The summed E-state index contributed by atoms with van der Waals surface area (Å²) in [6, 6.07) is 5.94. The molecule has 6 heteroatoms. The van der Waals surface area contributed by atoms with E-state index in [1.807, 2.05) is 31.3 Å². The fraction of sp³-hybridized carbons (Fsp3) is 0.632. The number of aliphatic carboxylic acids is 1. The number of amides is 1. The molecule has 0 radical (unpaired) electrons. The van der Waals surface area contributed by atoms with Gasteiger partial charge in [-0.3, -0.25) is 9.59 Å². The number of hydrogen-bond acceptors (Lipinski definition) is 4. The highest BCUT2D eigenvalue weighted by atomic mass is 16.4. The Bertz CT molecular complexity index is 608. The van der Waals surface area contributed by atoms with Crippen molar-refractivity contribution in [1.82, 2.24) is 9.88 Å². The summed E-state index contributed by atoms with van der Waals surface area (Å²) in [5.74, 6) is 0.298. The molecular weight excluding hydrogens is 318 g/mol. The molecule has 1 aliphatic heterocycles. The van der Waals surface area contributed by atoms with Gasteiger partial charge in [0, 0.05) is 32.4 Å². The minimum Gasteiger partial charge on any atom is -0.480 e. The highest BCUT2D eigenvalue weighted by molar-refractivity contribution is 6.02. The van der Waals surface area contributed by atoms with Crippen molar-refractivity contribution in [2.24, 2.45) is 11.3 Å². The van der Waals surface area contributed by atoms with E-state index in [1.54, 1.807) is 4.90 Å². The van der Waals surface area contributed by atoms with E-state index in [4.69, 9.17) is 0 Å². The average Bonchev–Trinajstić information content (AvgIpc) is 2.59. The van der Waals surface area contributed by atoms with Gasteiger partial charge >= 0.3 is 5.97 Å². The van der Waals surface area contributed by atoms with E-state index in [0.717, 1.165) is 38.2 Å². The Morgan fingerprint density at radius 3 is 2.52 bits per heavy atom. The second-order valence-electron chi connectivity index (χ2n) is 7.20. The number of carboxylic acid groups (broad SMARTS) is 1. The first kappa shape index (κ1) is 17.7. The first-order valence-corrected chi connectivity index (χ1v) is 9.25. The lowest BCUT2D eigenvalue weighted by Gasteiger charge is -2.41. The second-order valence-corrected chi connectivity index (χ2v) is 7.20. The number of rotatable bonds is 6. The van der Waals surface area contributed by atoms with E-state index in [2.05, 4.69) is 9.88 Å². The molecule has 2 aliphatic rings. The average molecular weight is 345 g/mol. The molecule has 0 spiro atoms. The van der Waals surface area contributed by atoms with Gasteiger partial charge in [-0.05, 0) is 50.7 Å². The van der Waals surface area contributed by atoms with Crippen LogP contribution >= 0.6 is 0 Å². The lowest BCUT2D eigenvalue weighted by atomic mass is 9.67. The fourth-order valence-electron chi connectivity index (χ4n) is 3.90. The van der Waals surface area contributed by atoms with Crippen LogP contribution in [-0.4, -0.2) is 53.0 Å². The van der Waals surface area contributed by atoms with Crippen LogP contribution in [0.2, 0.25) is 0 Å². The maximum atomic E-state index is 12.8. The summed E-state index contributed by atoms with van der Waals surface area (Å²) in [5, 5.41) is 9.50. The summed E-state index contributed by atoms with van der Waals surface area (Å²) in [5.41, 5.74) is -1.15. The van der Waals surface area contributed by atoms with Crippen LogP contribution in [-0.2, 0) is 9.59 Å². The van der Waals surface area contributed by atoms with Crippen LogP contribution in [0.5, 0.6) is 0 Å². The first-order chi connectivity index (χ1) is 12.1. The zero-order valence-electron chi connectivity index (χ0n) is 14.9. The summed E-state index contributed by atoms with van der Waals surface area (Å²) >= 11 is 0. The standard InChI is InChI=1S/C19H27N3O3/c1-2-21(17(23)19(18(24)25)9-5-10-19)14-15-7-12-22(13-8-15)16-6-3-4-11-20-16/h3-4,6,11,15H,2,5,7-10,12-14H2,1H3,(H,24,25). The van der Waals surface area contributed by atoms with Crippen molar-refractivity contribution in [3.63, 3.8) is 0 Å². The molecule has 2 fully saturated rings. The number of anilines is 1. The van der Waals surface area contributed by atoms with Gasteiger partial charge in [0.15, 0.2) is 0 Å². The van der Waals surface area contributed by atoms with Crippen molar-refractivity contribution in [3.05, 3.63) is 24.4 Å². The van der Waals surface area contributed by atoms with Gasteiger partial charge in [-0.2, -0.15) is 0 Å². The third-order valence-corrected chi connectivity index (χ3v) is 5.76. The molecule has 2 heterocycles. The molecule has 1 amide bonds. The Balaban J connectivity index is 1.57. The zero-order valence-corrected chi connectivity index (χ0v) is 14.9. The Morgan fingerprint density at radius 2 is 2.04 bits per heavy atom. The molecular formula is C19H27N3O3. The molecule has 1 aliphatic carbocycles. The summed E-state index contributed by atoms with van der Waals surface area (Å²) in [6.45, 7) is 5.04. The van der Waals surface area contributed by atoms with Gasteiger partial charge in [0.25, 0.3) is 0 Å². The summed E-state index contributed by atoms with van der Waals surface area (Å²) in [7, 11) is 0. The number of piperidine rings is 1. The van der Waals surface area contributed by atoms with E-state index in [9.17, 15) is 14.7 Å². The summed E-state index contributed by atoms with van der Waals surface area (Å²) < 4.78 is 0. The third-order valence-electron chi connectivity index (χ3n) is 5.76.